The molecule has 1 heterocycles. The highest BCUT2D eigenvalue weighted by Gasteiger charge is 2.33. The number of aryl methyl sites for hydroxylation is 1. The number of rotatable bonds is 4. The van der Waals surface area contributed by atoms with Crippen molar-refractivity contribution in [2.75, 3.05) is 6.26 Å². The lowest BCUT2D eigenvalue weighted by Gasteiger charge is -2.32. The molecule has 0 aromatic carbocycles. The average Bonchev–Trinajstić information content (AvgIpc) is 2.85. The first kappa shape index (κ1) is 15.0. The highest BCUT2D eigenvalue weighted by Crippen LogP contribution is 2.38. The number of sulfone groups is 1. The van der Waals surface area contributed by atoms with Crippen LogP contribution in [-0.4, -0.2) is 19.9 Å². The van der Waals surface area contributed by atoms with E-state index in [0.717, 1.165) is 32.1 Å². The van der Waals surface area contributed by atoms with Crippen LogP contribution < -0.4 is 5.73 Å². The van der Waals surface area contributed by atoms with Crippen molar-refractivity contribution < 1.29 is 8.42 Å². The van der Waals surface area contributed by atoms with Gasteiger partial charge in [0.2, 0.25) is 0 Å². The van der Waals surface area contributed by atoms with Gasteiger partial charge in [0.05, 0.1) is 5.25 Å². The minimum Gasteiger partial charge on any atom is -0.323 e. The molecular formula is C14H23NO2S2. The Kier molecular flexibility index (Phi) is 4.69. The van der Waals surface area contributed by atoms with Gasteiger partial charge >= 0.3 is 0 Å². The Labute approximate surface area is 120 Å². The number of hydrogen-bond acceptors (Lipinski definition) is 4. The molecule has 1 aromatic heterocycles. The van der Waals surface area contributed by atoms with E-state index in [9.17, 15) is 8.42 Å². The fraction of sp³-hybridized carbons (Fsp3) is 0.714. The van der Waals surface area contributed by atoms with Crippen molar-refractivity contribution in [1.29, 1.82) is 0 Å². The predicted octanol–water partition coefficient (Wildman–Crippen LogP) is 2.91. The predicted molar refractivity (Wildman–Crippen MR) is 81.2 cm³/mol. The molecule has 0 bridgehead atoms. The van der Waals surface area contributed by atoms with Crippen LogP contribution in [0.4, 0.5) is 0 Å². The van der Waals surface area contributed by atoms with E-state index < -0.39 is 9.84 Å². The van der Waals surface area contributed by atoms with Crippen LogP contribution in [0, 0.1) is 5.92 Å². The highest BCUT2D eigenvalue weighted by molar-refractivity contribution is 7.91. The van der Waals surface area contributed by atoms with Crippen molar-refractivity contribution >= 4 is 21.2 Å². The van der Waals surface area contributed by atoms with Crippen molar-refractivity contribution in [2.45, 2.75) is 50.3 Å². The van der Waals surface area contributed by atoms with E-state index in [4.69, 9.17) is 5.73 Å². The maximum atomic E-state index is 11.7. The Hall–Kier alpha value is -0.390. The Balaban J connectivity index is 2.13. The fourth-order valence-electron chi connectivity index (χ4n) is 3.04. The maximum absolute atomic E-state index is 11.7. The standard InChI is InChI=1S/C14H23NO2S2/c1-3-10-7-8-18-14(10)13(15)11-5-4-6-12(9-11)19(2,16)17/h7-8,11-13H,3-6,9,15H2,1-2H3. The number of hydrogen-bond donors (Lipinski definition) is 1. The van der Waals surface area contributed by atoms with Crippen LogP contribution in [0.2, 0.25) is 0 Å². The first-order valence-electron chi connectivity index (χ1n) is 6.94. The van der Waals surface area contributed by atoms with E-state index >= 15 is 0 Å². The minimum atomic E-state index is -2.93. The smallest absolute Gasteiger partial charge is 0.150 e. The topological polar surface area (TPSA) is 60.2 Å². The van der Waals surface area contributed by atoms with Gasteiger partial charge in [0.25, 0.3) is 0 Å². The summed E-state index contributed by atoms with van der Waals surface area (Å²) in [6, 6.07) is 2.14. The minimum absolute atomic E-state index is 0.000463. The van der Waals surface area contributed by atoms with E-state index in [-0.39, 0.29) is 11.3 Å². The first-order valence-corrected chi connectivity index (χ1v) is 9.77. The van der Waals surface area contributed by atoms with Crippen LogP contribution in [0.25, 0.3) is 0 Å². The molecule has 2 rings (SSSR count). The van der Waals surface area contributed by atoms with Crippen LogP contribution >= 0.6 is 11.3 Å². The molecule has 2 N–H and O–H groups in total. The molecule has 19 heavy (non-hydrogen) atoms. The third kappa shape index (κ3) is 3.38. The summed E-state index contributed by atoms with van der Waals surface area (Å²) in [6.45, 7) is 2.14. The summed E-state index contributed by atoms with van der Waals surface area (Å²) in [5.41, 5.74) is 7.73. The summed E-state index contributed by atoms with van der Waals surface area (Å²) < 4.78 is 23.5. The molecule has 0 amide bonds. The van der Waals surface area contributed by atoms with Gasteiger partial charge in [-0.3, -0.25) is 0 Å². The van der Waals surface area contributed by atoms with Crippen LogP contribution in [0.5, 0.6) is 0 Å². The molecule has 0 saturated heterocycles. The lowest BCUT2D eigenvalue weighted by molar-refractivity contribution is 0.310. The van der Waals surface area contributed by atoms with Crippen LogP contribution in [-0.2, 0) is 16.3 Å². The molecule has 3 nitrogen and oxygen atoms in total. The van der Waals surface area contributed by atoms with Crippen LogP contribution in [0.3, 0.4) is 0 Å². The Morgan fingerprint density at radius 2 is 2.21 bits per heavy atom. The van der Waals surface area contributed by atoms with Gasteiger partial charge in [0.1, 0.15) is 9.84 Å². The molecule has 1 fully saturated rings. The van der Waals surface area contributed by atoms with Crippen LogP contribution in [0.15, 0.2) is 11.4 Å². The van der Waals surface area contributed by atoms with Gasteiger partial charge in [-0.15, -0.1) is 11.3 Å². The molecule has 1 aliphatic carbocycles. The van der Waals surface area contributed by atoms with E-state index in [1.54, 1.807) is 11.3 Å². The first-order chi connectivity index (χ1) is 8.93. The van der Waals surface area contributed by atoms with Gasteiger partial charge in [0, 0.05) is 17.2 Å². The number of nitrogens with two attached hydrogens (primary N) is 1. The molecule has 3 unspecified atom stereocenters. The summed E-state index contributed by atoms with van der Waals surface area (Å²) in [5.74, 6) is 0.303. The van der Waals surface area contributed by atoms with E-state index in [1.807, 2.05) is 0 Å². The lowest BCUT2D eigenvalue weighted by atomic mass is 9.82. The van der Waals surface area contributed by atoms with Gasteiger partial charge in [0.15, 0.2) is 0 Å². The molecular weight excluding hydrogens is 278 g/mol. The molecule has 1 saturated carbocycles. The quantitative estimate of drug-likeness (QED) is 0.930. The zero-order chi connectivity index (χ0) is 14.0. The Morgan fingerprint density at radius 1 is 1.47 bits per heavy atom. The summed E-state index contributed by atoms with van der Waals surface area (Å²) in [4.78, 5) is 1.25. The van der Waals surface area contributed by atoms with E-state index in [0.29, 0.717) is 5.92 Å². The lowest BCUT2D eigenvalue weighted by Crippen LogP contribution is -2.32. The van der Waals surface area contributed by atoms with Crippen molar-refractivity contribution in [3.05, 3.63) is 21.9 Å². The second kappa shape index (κ2) is 5.94. The zero-order valence-electron chi connectivity index (χ0n) is 11.6. The Morgan fingerprint density at radius 3 is 2.84 bits per heavy atom. The van der Waals surface area contributed by atoms with Gasteiger partial charge in [-0.05, 0) is 48.6 Å². The molecule has 0 spiro atoms. The van der Waals surface area contributed by atoms with Crippen molar-refractivity contribution in [2.24, 2.45) is 11.7 Å². The monoisotopic (exact) mass is 301 g/mol. The molecule has 5 heteroatoms. The SMILES string of the molecule is CCc1ccsc1C(N)C1CCCC(S(C)(=O)=O)C1. The maximum Gasteiger partial charge on any atom is 0.150 e. The second-order valence-electron chi connectivity index (χ2n) is 5.57. The molecule has 0 radical (unpaired) electrons. The second-order valence-corrected chi connectivity index (χ2v) is 8.84. The summed E-state index contributed by atoms with van der Waals surface area (Å²) in [5, 5.41) is 1.90. The van der Waals surface area contributed by atoms with Gasteiger partial charge in [-0.1, -0.05) is 13.3 Å². The van der Waals surface area contributed by atoms with Crippen molar-refractivity contribution in [3.8, 4) is 0 Å². The van der Waals surface area contributed by atoms with Gasteiger partial charge in [-0.2, -0.15) is 0 Å². The molecule has 0 aliphatic heterocycles. The van der Waals surface area contributed by atoms with Gasteiger partial charge < -0.3 is 5.73 Å². The largest absolute Gasteiger partial charge is 0.323 e. The average molecular weight is 301 g/mol. The third-order valence-electron chi connectivity index (χ3n) is 4.24. The summed E-state index contributed by atoms with van der Waals surface area (Å²) in [6.07, 6.45) is 5.90. The summed E-state index contributed by atoms with van der Waals surface area (Å²) >= 11 is 1.71. The zero-order valence-corrected chi connectivity index (χ0v) is 13.3. The normalized spacial score (nSPS) is 26.3. The van der Waals surface area contributed by atoms with Crippen molar-refractivity contribution in [3.63, 3.8) is 0 Å². The van der Waals surface area contributed by atoms with Crippen LogP contribution in [0.1, 0.15) is 49.1 Å². The van der Waals surface area contributed by atoms with E-state index in [1.165, 1.54) is 16.7 Å². The van der Waals surface area contributed by atoms with E-state index in [2.05, 4.69) is 18.4 Å². The Bertz CT molecular complexity index is 521. The third-order valence-corrected chi connectivity index (χ3v) is 6.94. The summed E-state index contributed by atoms with van der Waals surface area (Å²) in [7, 11) is -2.93. The number of thiophene rings is 1. The highest BCUT2D eigenvalue weighted by atomic mass is 32.2. The van der Waals surface area contributed by atoms with Crippen molar-refractivity contribution in [1.82, 2.24) is 0 Å². The fourth-order valence-corrected chi connectivity index (χ4v) is 5.33. The molecule has 1 aromatic rings. The molecule has 108 valence electrons. The van der Waals surface area contributed by atoms with Gasteiger partial charge in [-0.25, -0.2) is 8.42 Å². The molecule has 1 aliphatic rings. The molecule has 3 atom stereocenters.